The van der Waals surface area contributed by atoms with Crippen LogP contribution in [-0.2, 0) is 28.6 Å². The van der Waals surface area contributed by atoms with E-state index in [1.807, 2.05) is 0 Å². The Morgan fingerprint density at radius 2 is 1.16 bits per heavy atom. The van der Waals surface area contributed by atoms with E-state index in [9.17, 15) is 16.8 Å². The lowest BCUT2D eigenvalue weighted by molar-refractivity contribution is 0.142. The maximum absolute atomic E-state index is 11.0. The Hall–Kier alpha value is -0.180. The summed E-state index contributed by atoms with van der Waals surface area (Å²) in [4.78, 5) is 0. The van der Waals surface area contributed by atoms with Gasteiger partial charge < -0.3 is 0 Å². The van der Waals surface area contributed by atoms with Crippen LogP contribution in [0, 0.1) is 11.8 Å². The summed E-state index contributed by atoms with van der Waals surface area (Å²) >= 11 is 0. The summed E-state index contributed by atoms with van der Waals surface area (Å²) in [5, 5.41) is 0. The molecule has 0 heterocycles. The van der Waals surface area contributed by atoms with E-state index in [1.54, 1.807) is 0 Å². The van der Waals surface area contributed by atoms with Crippen molar-refractivity contribution in [1.29, 1.82) is 0 Å². The molecule has 6 nitrogen and oxygen atoms in total. The summed E-state index contributed by atoms with van der Waals surface area (Å²) in [6.45, 7) is 0.216. The van der Waals surface area contributed by atoms with Gasteiger partial charge in [-0.2, -0.15) is 16.8 Å². The molecule has 0 N–H and O–H groups in total. The van der Waals surface area contributed by atoms with Crippen LogP contribution in [0.3, 0.4) is 0 Å². The topological polar surface area (TPSA) is 86.7 Å². The fourth-order valence-corrected chi connectivity index (χ4v) is 3.17. The van der Waals surface area contributed by atoms with E-state index in [1.165, 1.54) is 0 Å². The van der Waals surface area contributed by atoms with Gasteiger partial charge in [0.1, 0.15) is 0 Å². The van der Waals surface area contributed by atoms with Crippen molar-refractivity contribution >= 4 is 20.2 Å². The van der Waals surface area contributed by atoms with Crippen molar-refractivity contribution in [1.82, 2.24) is 0 Å². The molecule has 0 aromatic carbocycles. The van der Waals surface area contributed by atoms with Gasteiger partial charge in [0.15, 0.2) is 0 Å². The van der Waals surface area contributed by atoms with Crippen molar-refractivity contribution in [2.45, 2.75) is 32.1 Å². The van der Waals surface area contributed by atoms with E-state index in [4.69, 9.17) is 8.37 Å². The van der Waals surface area contributed by atoms with Crippen molar-refractivity contribution < 1.29 is 25.2 Å². The molecule has 19 heavy (non-hydrogen) atoms. The molecule has 0 aromatic heterocycles. The summed E-state index contributed by atoms with van der Waals surface area (Å²) in [5.74, 6) is 0.0537. The molecule has 0 spiro atoms. The molecule has 1 aliphatic carbocycles. The largest absolute Gasteiger partial charge is 0.270 e. The molecule has 1 fully saturated rings. The number of hydrogen-bond donors (Lipinski definition) is 0. The molecule has 0 amide bonds. The van der Waals surface area contributed by atoms with Crippen molar-refractivity contribution in [2.75, 3.05) is 25.7 Å². The second-order valence-corrected chi connectivity index (χ2v) is 8.42. The highest BCUT2D eigenvalue weighted by molar-refractivity contribution is 7.86. The van der Waals surface area contributed by atoms with Crippen molar-refractivity contribution in [2.24, 2.45) is 11.8 Å². The first kappa shape index (κ1) is 16.9. The molecule has 0 unspecified atom stereocenters. The molecular weight excluding hydrogens is 292 g/mol. The normalized spacial score (nSPS) is 26.0. The summed E-state index contributed by atoms with van der Waals surface area (Å²) in [5.41, 5.74) is 0. The fourth-order valence-electron chi connectivity index (χ4n) is 2.32. The van der Waals surface area contributed by atoms with E-state index < -0.39 is 20.2 Å². The van der Waals surface area contributed by atoms with Gasteiger partial charge in [-0.15, -0.1) is 0 Å². The Balaban J connectivity index is 2.60. The lowest BCUT2D eigenvalue weighted by Gasteiger charge is -2.23. The smallest absolute Gasteiger partial charge is 0.264 e. The predicted molar refractivity (Wildman–Crippen MR) is 71.7 cm³/mol. The third kappa shape index (κ3) is 7.86. The molecule has 0 radical (unpaired) electrons. The summed E-state index contributed by atoms with van der Waals surface area (Å²) < 4.78 is 53.8. The standard InChI is InChI=1S/C11H22O6S2/c1-18(12,13)16-8-10-6-4-3-5-7-11(10)9-17-19(2,14)15/h10-11H,3-9H2,1-2H3/t10-,11+. The van der Waals surface area contributed by atoms with Gasteiger partial charge in [-0.25, -0.2) is 0 Å². The van der Waals surface area contributed by atoms with E-state index >= 15 is 0 Å². The maximum atomic E-state index is 11.0. The molecular formula is C11H22O6S2. The summed E-state index contributed by atoms with van der Waals surface area (Å²) in [7, 11) is -6.92. The molecule has 0 aromatic rings. The van der Waals surface area contributed by atoms with E-state index in [-0.39, 0.29) is 25.0 Å². The van der Waals surface area contributed by atoms with Gasteiger partial charge in [-0.05, 0) is 24.7 Å². The van der Waals surface area contributed by atoms with Gasteiger partial charge in [0.2, 0.25) is 0 Å². The Morgan fingerprint density at radius 3 is 1.47 bits per heavy atom. The van der Waals surface area contributed by atoms with Crippen molar-refractivity contribution in [3.63, 3.8) is 0 Å². The lowest BCUT2D eigenvalue weighted by Crippen LogP contribution is -2.25. The highest BCUT2D eigenvalue weighted by atomic mass is 32.2. The van der Waals surface area contributed by atoms with Crippen LogP contribution in [0.1, 0.15) is 32.1 Å². The molecule has 8 heteroatoms. The average molecular weight is 314 g/mol. The van der Waals surface area contributed by atoms with Crippen LogP contribution in [0.25, 0.3) is 0 Å². The first-order valence-corrected chi connectivity index (χ1v) is 9.99. The third-order valence-corrected chi connectivity index (χ3v) is 4.44. The zero-order chi connectivity index (χ0) is 14.5. The molecule has 0 saturated heterocycles. The zero-order valence-corrected chi connectivity index (χ0v) is 13.0. The molecule has 1 saturated carbocycles. The number of rotatable bonds is 6. The molecule has 1 rings (SSSR count). The second kappa shape index (κ2) is 7.01. The van der Waals surface area contributed by atoms with Crippen LogP contribution in [0.5, 0.6) is 0 Å². The van der Waals surface area contributed by atoms with Gasteiger partial charge in [0, 0.05) is 0 Å². The zero-order valence-electron chi connectivity index (χ0n) is 11.4. The van der Waals surface area contributed by atoms with E-state index in [0.717, 1.165) is 44.6 Å². The van der Waals surface area contributed by atoms with Crippen molar-refractivity contribution in [3.05, 3.63) is 0 Å². The molecule has 2 atom stereocenters. The minimum atomic E-state index is -3.46. The van der Waals surface area contributed by atoms with Crippen LogP contribution < -0.4 is 0 Å². The Kier molecular flexibility index (Phi) is 6.22. The lowest BCUT2D eigenvalue weighted by atomic mass is 9.89. The minimum absolute atomic E-state index is 0.0268. The molecule has 0 aliphatic heterocycles. The van der Waals surface area contributed by atoms with Crippen LogP contribution in [0.15, 0.2) is 0 Å². The van der Waals surface area contributed by atoms with Crippen LogP contribution >= 0.6 is 0 Å². The van der Waals surface area contributed by atoms with Gasteiger partial charge in [-0.1, -0.05) is 19.3 Å². The SMILES string of the molecule is CS(=O)(=O)OC[C@H]1CCCCC[C@H]1COS(C)(=O)=O. The predicted octanol–water partition coefficient (Wildman–Crippen LogP) is 1.14. The quantitative estimate of drug-likeness (QED) is 0.539. The van der Waals surface area contributed by atoms with Gasteiger partial charge in [0.05, 0.1) is 25.7 Å². The van der Waals surface area contributed by atoms with Crippen LogP contribution in [0.2, 0.25) is 0 Å². The van der Waals surface area contributed by atoms with E-state index in [0.29, 0.717) is 0 Å². The monoisotopic (exact) mass is 314 g/mol. The van der Waals surface area contributed by atoms with Crippen LogP contribution in [-0.4, -0.2) is 42.6 Å². The second-order valence-electron chi connectivity index (χ2n) is 5.14. The van der Waals surface area contributed by atoms with E-state index in [2.05, 4.69) is 0 Å². The third-order valence-electron chi connectivity index (χ3n) is 3.31. The Bertz CT molecular complexity index is 423. The van der Waals surface area contributed by atoms with Gasteiger partial charge in [-0.3, -0.25) is 8.37 Å². The highest BCUT2D eigenvalue weighted by Gasteiger charge is 2.26. The Labute approximate surface area is 115 Å². The van der Waals surface area contributed by atoms with Gasteiger partial charge in [0.25, 0.3) is 20.2 Å². The Morgan fingerprint density at radius 1 is 0.789 bits per heavy atom. The average Bonchev–Trinajstić information content (AvgIpc) is 2.46. The van der Waals surface area contributed by atoms with Crippen LogP contribution in [0.4, 0.5) is 0 Å². The first-order chi connectivity index (χ1) is 8.67. The summed E-state index contributed by atoms with van der Waals surface area (Å²) in [6, 6.07) is 0. The molecule has 1 aliphatic rings. The number of hydrogen-bond acceptors (Lipinski definition) is 6. The molecule has 114 valence electrons. The molecule has 0 bridgehead atoms. The minimum Gasteiger partial charge on any atom is -0.270 e. The summed E-state index contributed by atoms with van der Waals surface area (Å²) in [6.07, 6.45) is 6.81. The highest BCUT2D eigenvalue weighted by Crippen LogP contribution is 2.30. The van der Waals surface area contributed by atoms with Gasteiger partial charge >= 0.3 is 0 Å². The first-order valence-electron chi connectivity index (χ1n) is 6.36. The maximum Gasteiger partial charge on any atom is 0.264 e. The van der Waals surface area contributed by atoms with Crippen molar-refractivity contribution in [3.8, 4) is 0 Å². The fraction of sp³-hybridized carbons (Fsp3) is 1.00.